The van der Waals surface area contributed by atoms with Crippen LogP contribution in [0.4, 0.5) is 58.8 Å². The van der Waals surface area contributed by atoms with Gasteiger partial charge in [0.2, 0.25) is 0 Å². The molecule has 0 saturated heterocycles. The number of nitrogens with zero attached hydrogens (tertiary/aromatic N) is 16. The number of amides is 4. The van der Waals surface area contributed by atoms with Crippen molar-refractivity contribution in [2.75, 3.05) is 6.54 Å². The van der Waals surface area contributed by atoms with Crippen molar-refractivity contribution in [3.8, 4) is 5.75 Å². The van der Waals surface area contributed by atoms with Gasteiger partial charge in [-0.05, 0) is 153 Å². The van der Waals surface area contributed by atoms with E-state index in [0.717, 1.165) is 59.3 Å². The molecule has 4 aromatic heterocycles. The molecule has 0 aliphatic carbocycles. The van der Waals surface area contributed by atoms with Crippen molar-refractivity contribution in [1.29, 1.82) is 0 Å². The number of benzene rings is 4. The van der Waals surface area contributed by atoms with Crippen LogP contribution >= 0.6 is 110 Å². The summed E-state index contributed by atoms with van der Waals surface area (Å²) in [5.41, 5.74) is 20.5. The van der Waals surface area contributed by atoms with Crippen LogP contribution in [0.3, 0.4) is 0 Å². The van der Waals surface area contributed by atoms with E-state index in [-0.39, 0.29) is 87.9 Å². The summed E-state index contributed by atoms with van der Waals surface area (Å²) < 4.78 is 108. The molecule has 109 heavy (non-hydrogen) atoms. The standard InChI is InChI=1S/C18H16ClF5N6O2.C17H14Cl2F3N5O.C15H14BrClN6O.C15H14ClIN6O.H2S/c1-10(15(28-9-25)29-17-26-3-2-4-27-17)30(8-14(20)21)16(31)11-5-12(19)7-13(6-11)32-18(22,23)24;1-9(15(25-8-23)27-14-3-2-12(18)7-24-14)26-16(28)10-4-11(17(20,21)22)6-13(19)5-10;2*1-9(13(21-8-18)23-15-19-3-2-4-20-15)22-14(24)10-5-11(16)7-12(17)6-10;/h2-7,9-10,14H,8H2,1H3,(H2,25,26,27,28,29);2-9H,1H3,(H,26,28)(H2,23,24,25,27);2*2-9H,1H3,(H,22,24)(H2,18,19,20,21,23);1H2/t;9-;;;/m.0.../s1. The van der Waals surface area contributed by atoms with E-state index in [1.165, 1.54) is 44.6 Å². The Morgan fingerprint density at radius 1 is 0.523 bits per heavy atom. The van der Waals surface area contributed by atoms with Crippen LogP contribution in [-0.2, 0) is 6.18 Å². The molecule has 576 valence electrons. The largest absolute Gasteiger partial charge is 0.573 e. The van der Waals surface area contributed by atoms with Crippen LogP contribution in [0.1, 0.15) is 74.7 Å². The van der Waals surface area contributed by atoms with Crippen molar-refractivity contribution in [2.24, 2.45) is 62.9 Å². The molecule has 11 N–H and O–H groups in total. The number of carbonyl (C=O) groups is 4. The zero-order valence-electron chi connectivity index (χ0n) is 56.4. The minimum Gasteiger partial charge on any atom is -0.406 e. The molecule has 0 saturated carbocycles. The molecule has 4 atom stereocenters. The van der Waals surface area contributed by atoms with Crippen LogP contribution in [0.2, 0.25) is 25.1 Å². The lowest BCUT2D eigenvalue weighted by Crippen LogP contribution is -2.45. The maximum atomic E-state index is 13.3. The summed E-state index contributed by atoms with van der Waals surface area (Å²) in [7, 11) is 0. The molecule has 0 bridgehead atoms. The summed E-state index contributed by atoms with van der Waals surface area (Å²) >= 11 is 34.6. The van der Waals surface area contributed by atoms with Crippen molar-refractivity contribution < 1.29 is 59.0 Å². The van der Waals surface area contributed by atoms with Crippen molar-refractivity contribution >= 4 is 206 Å². The molecular weight excluding hydrogens is 1750 g/mol. The van der Waals surface area contributed by atoms with Gasteiger partial charge in [-0.3, -0.25) is 19.2 Å². The topological polar surface area (TPSA) is 410 Å². The first-order chi connectivity index (χ1) is 51.1. The molecule has 0 fully saturated rings. The van der Waals surface area contributed by atoms with Gasteiger partial charge in [0, 0.05) is 93.8 Å². The van der Waals surface area contributed by atoms with Crippen LogP contribution in [-0.4, -0.2) is 156 Å². The zero-order chi connectivity index (χ0) is 79.8. The fourth-order valence-corrected chi connectivity index (χ4v) is 10.7. The van der Waals surface area contributed by atoms with E-state index < -0.39 is 78.4 Å². The maximum absolute atomic E-state index is 13.3. The van der Waals surface area contributed by atoms with Crippen molar-refractivity contribution in [3.63, 3.8) is 0 Å². The third-order valence-corrected chi connectivity index (χ3v) is 15.0. The minimum atomic E-state index is -5.05. The molecule has 8 rings (SSSR count). The zero-order valence-corrected chi connectivity index (χ0v) is 65.0. The quantitative estimate of drug-likeness (QED) is 0.0171. The number of alkyl halides is 8. The average molecular weight is 1810 g/mol. The molecule has 0 aliphatic rings. The van der Waals surface area contributed by atoms with Gasteiger partial charge < -0.3 is 48.5 Å². The average Bonchev–Trinajstić information content (AvgIpc) is 0.822. The number of carbonyl (C=O) groups excluding carboxylic acids is 4. The van der Waals surface area contributed by atoms with Crippen molar-refractivity contribution in [1.82, 2.24) is 55.7 Å². The molecule has 4 amide bonds. The van der Waals surface area contributed by atoms with Gasteiger partial charge >= 0.3 is 12.5 Å². The van der Waals surface area contributed by atoms with E-state index >= 15 is 0 Å². The summed E-state index contributed by atoms with van der Waals surface area (Å²) in [6, 6.07) is 20.1. The molecule has 8 aromatic rings. The molecule has 0 radical (unpaired) electrons. The number of hydrogen-bond donors (Lipinski definition) is 7. The molecule has 44 heteroatoms. The Bertz CT molecular complexity index is 4460. The van der Waals surface area contributed by atoms with Gasteiger partial charge in [-0.1, -0.05) is 73.9 Å². The van der Waals surface area contributed by atoms with Crippen molar-refractivity contribution in [3.05, 3.63) is 207 Å². The number of nitrogens with two attached hydrogens (primary N) is 4. The van der Waals surface area contributed by atoms with E-state index in [9.17, 15) is 54.3 Å². The molecule has 28 nitrogen and oxygen atoms in total. The highest BCUT2D eigenvalue weighted by atomic mass is 127. The number of halogens is 15. The normalized spacial score (nSPS) is 13.2. The number of pyridine rings is 1. The summed E-state index contributed by atoms with van der Waals surface area (Å²) in [4.78, 5) is 111. The highest BCUT2D eigenvalue weighted by Crippen LogP contribution is 2.33. The van der Waals surface area contributed by atoms with E-state index in [4.69, 9.17) is 80.9 Å². The van der Waals surface area contributed by atoms with E-state index in [1.807, 2.05) is 0 Å². The van der Waals surface area contributed by atoms with Crippen molar-refractivity contribution in [2.45, 2.75) is 70.8 Å². The van der Waals surface area contributed by atoms with E-state index in [2.05, 4.69) is 134 Å². The Labute approximate surface area is 669 Å². The van der Waals surface area contributed by atoms with Gasteiger partial charge in [-0.2, -0.15) is 41.6 Å². The predicted octanol–water partition coefficient (Wildman–Crippen LogP) is 13.5. The number of aliphatic imine (C=N–C) groups is 8. The number of rotatable bonds is 19. The van der Waals surface area contributed by atoms with E-state index in [0.29, 0.717) is 41.6 Å². The molecule has 4 heterocycles. The minimum absolute atomic E-state index is 0. The van der Waals surface area contributed by atoms with Gasteiger partial charge in [0.15, 0.2) is 29.2 Å². The Morgan fingerprint density at radius 3 is 1.32 bits per heavy atom. The Morgan fingerprint density at radius 2 is 0.917 bits per heavy atom. The lowest BCUT2D eigenvalue weighted by atomic mass is 10.1. The number of hydrogen-bond acceptors (Lipinski definition) is 16. The first kappa shape index (κ1) is 91.3. The highest BCUT2D eigenvalue weighted by Gasteiger charge is 2.34. The van der Waals surface area contributed by atoms with Gasteiger partial charge in [-0.25, -0.2) is 68.6 Å². The molecule has 4 aromatic carbocycles. The summed E-state index contributed by atoms with van der Waals surface area (Å²) in [6.45, 7) is 5.24. The van der Waals surface area contributed by atoms with Gasteiger partial charge in [0.25, 0.3) is 47.9 Å². The summed E-state index contributed by atoms with van der Waals surface area (Å²) in [5, 5.41) is 8.95. The first-order valence-electron chi connectivity index (χ1n) is 30.2. The predicted molar refractivity (Wildman–Crippen MR) is 420 cm³/mol. The Hall–Kier alpha value is -10.0. The van der Waals surface area contributed by atoms with Crippen LogP contribution in [0.5, 0.6) is 5.75 Å². The molecular formula is C65H60BrCl5F8IN23O5S. The van der Waals surface area contributed by atoms with Crippen LogP contribution in [0, 0.1) is 3.57 Å². The summed E-state index contributed by atoms with van der Waals surface area (Å²) in [5.74, 6) is -2.16. The fraction of sp³-hybridized carbons (Fsp3) is 0.185. The Balaban J connectivity index is 0.000000308. The molecule has 0 spiro atoms. The lowest BCUT2D eigenvalue weighted by molar-refractivity contribution is -0.274. The number of nitrogens with one attached hydrogen (secondary N) is 3. The highest BCUT2D eigenvalue weighted by molar-refractivity contribution is 14.1. The third kappa shape index (κ3) is 32.4. The first-order valence-corrected chi connectivity index (χ1v) is 34.0. The van der Waals surface area contributed by atoms with Gasteiger partial charge in [0.05, 0.1) is 66.7 Å². The molecule has 0 aliphatic heterocycles. The second kappa shape index (κ2) is 45.1. The van der Waals surface area contributed by atoms with Gasteiger partial charge in [-0.15, -0.1) is 13.2 Å². The monoisotopic (exact) mass is 1810 g/mol. The van der Waals surface area contributed by atoms with Crippen LogP contribution < -0.4 is 43.6 Å². The maximum Gasteiger partial charge on any atom is 0.573 e. The second-order valence-electron chi connectivity index (χ2n) is 20.8. The Kier molecular flexibility index (Phi) is 37.8. The number of aromatic nitrogens is 7. The molecule has 3 unspecified atom stereocenters. The smallest absolute Gasteiger partial charge is 0.406 e. The van der Waals surface area contributed by atoms with Gasteiger partial charge in [0.1, 0.15) is 5.75 Å². The number of amidine groups is 4. The fourth-order valence-electron chi connectivity index (χ4n) is 8.19. The van der Waals surface area contributed by atoms with Crippen LogP contribution in [0.25, 0.3) is 0 Å². The SMILES string of the molecule is CC(C(N=CN)=Nc1ncccn1)N(CC(F)F)C(=O)c1cc(Cl)cc(OC(F)(F)F)c1.CC(NC(=O)c1cc(Cl)cc(Br)c1)C(N=CN)=Nc1ncccn1.CC(NC(=O)c1cc(Cl)cc(I)c1)C(N=CN)=Nc1ncccn1.C[C@H](NC(=O)c1cc(Cl)cc(C(F)(F)F)c1)C(N=CN)=Nc1ccc(Cl)cn1.S. The van der Waals surface area contributed by atoms with E-state index in [1.54, 1.807) is 93.2 Å². The number of ether oxygens (including phenoxy) is 1. The lowest BCUT2D eigenvalue weighted by Gasteiger charge is -2.28. The summed E-state index contributed by atoms with van der Waals surface area (Å²) in [6.07, 6.45) is 1.69. The third-order valence-electron chi connectivity index (χ3n) is 12.8. The second-order valence-corrected chi connectivity index (χ2v) is 25.2. The van der Waals surface area contributed by atoms with Crippen LogP contribution in [0.15, 0.2) is 191 Å².